The molecule has 4 heteroatoms. The first-order valence-corrected chi connectivity index (χ1v) is 7.27. The van der Waals surface area contributed by atoms with Gasteiger partial charge in [0.25, 0.3) is 0 Å². The maximum atomic E-state index is 13.4. The van der Waals surface area contributed by atoms with Crippen LogP contribution in [0.5, 0.6) is 0 Å². The van der Waals surface area contributed by atoms with Gasteiger partial charge in [-0.2, -0.15) is 13.2 Å². The van der Waals surface area contributed by atoms with E-state index in [1.165, 1.54) is 13.0 Å². The molecule has 0 saturated heterocycles. The number of benzene rings is 2. The summed E-state index contributed by atoms with van der Waals surface area (Å²) in [6.07, 6.45) is -4.38. The number of aryl methyl sites for hydroxylation is 1. The zero-order chi connectivity index (χ0) is 15.5. The fraction of sp³-hybridized carbons (Fsp3) is 0.176. The Balaban J connectivity index is 2.47. The lowest BCUT2D eigenvalue weighted by Gasteiger charge is -2.16. The van der Waals surface area contributed by atoms with Crippen LogP contribution in [-0.4, -0.2) is 6.18 Å². The molecule has 0 aliphatic carbocycles. The molecular weight excluding hydrogens is 293 g/mol. The van der Waals surface area contributed by atoms with Gasteiger partial charge < -0.3 is 0 Å². The van der Waals surface area contributed by atoms with Gasteiger partial charge in [-0.05, 0) is 36.4 Å². The van der Waals surface area contributed by atoms with Crippen LogP contribution >= 0.6 is 11.8 Å². The van der Waals surface area contributed by atoms with Crippen LogP contribution in [0.3, 0.4) is 0 Å². The molecule has 2 aromatic rings. The van der Waals surface area contributed by atoms with Gasteiger partial charge in [-0.1, -0.05) is 59.8 Å². The Morgan fingerprint density at radius 2 is 1.62 bits per heavy atom. The molecule has 2 rings (SSSR count). The molecule has 0 bridgehead atoms. The van der Waals surface area contributed by atoms with Crippen molar-refractivity contribution < 1.29 is 13.2 Å². The van der Waals surface area contributed by atoms with E-state index in [-0.39, 0.29) is 10.5 Å². The Morgan fingerprint density at radius 3 is 2.19 bits per heavy atom. The molecule has 0 aliphatic rings. The quantitative estimate of drug-likeness (QED) is 0.619. The summed E-state index contributed by atoms with van der Waals surface area (Å²) in [7, 11) is 0. The fourth-order valence-electron chi connectivity index (χ4n) is 2.08. The third-order valence-electron chi connectivity index (χ3n) is 2.96. The highest BCUT2D eigenvalue weighted by Crippen LogP contribution is 2.41. The van der Waals surface area contributed by atoms with Crippen molar-refractivity contribution >= 4 is 17.3 Å². The highest BCUT2D eigenvalue weighted by Gasteiger charge is 2.36. The molecule has 0 saturated carbocycles. The molecule has 0 atom stereocenters. The van der Waals surface area contributed by atoms with Crippen molar-refractivity contribution in [2.24, 2.45) is 0 Å². The van der Waals surface area contributed by atoms with Crippen LogP contribution in [0.4, 0.5) is 13.2 Å². The summed E-state index contributed by atoms with van der Waals surface area (Å²) in [4.78, 5) is 1.05. The highest BCUT2D eigenvalue weighted by molar-refractivity contribution is 8.03. The van der Waals surface area contributed by atoms with Crippen molar-refractivity contribution in [2.75, 3.05) is 0 Å². The normalized spacial score (nSPS) is 13.0. The number of allylic oxidation sites excluding steroid dienone is 2. The first-order valence-electron chi connectivity index (χ1n) is 6.46. The van der Waals surface area contributed by atoms with E-state index >= 15 is 0 Å². The zero-order valence-corrected chi connectivity index (χ0v) is 12.6. The van der Waals surface area contributed by atoms with Gasteiger partial charge in [-0.3, -0.25) is 0 Å². The van der Waals surface area contributed by atoms with Crippen LogP contribution in [-0.2, 0) is 0 Å². The predicted octanol–water partition coefficient (Wildman–Crippen LogP) is 6.08. The Hall–Kier alpha value is -1.68. The van der Waals surface area contributed by atoms with Gasteiger partial charge in [0.05, 0.1) is 5.57 Å². The Morgan fingerprint density at radius 1 is 0.952 bits per heavy atom. The standard InChI is InChI=1S/C17H15F3S/c1-12-7-6-8-14(11-12)16(17(18,19)20)13(2)21-15-9-4-3-5-10-15/h3-11H,1-2H3/b16-13-. The molecule has 2 aromatic carbocycles. The van der Waals surface area contributed by atoms with Crippen LogP contribution in [0.1, 0.15) is 18.1 Å². The second-order valence-corrected chi connectivity index (χ2v) is 6.00. The molecule has 0 heterocycles. The first-order chi connectivity index (χ1) is 9.88. The second kappa shape index (κ2) is 6.39. The lowest BCUT2D eigenvalue weighted by Crippen LogP contribution is -2.12. The van der Waals surface area contributed by atoms with Crippen LogP contribution in [0.2, 0.25) is 0 Å². The summed E-state index contributed by atoms with van der Waals surface area (Å²) in [5.41, 5.74) is 0.454. The first kappa shape index (κ1) is 15.7. The number of alkyl halides is 3. The van der Waals surface area contributed by atoms with Crippen molar-refractivity contribution in [3.05, 3.63) is 70.6 Å². The molecule has 0 spiro atoms. The van der Waals surface area contributed by atoms with Gasteiger partial charge in [0.2, 0.25) is 0 Å². The van der Waals surface area contributed by atoms with Crippen molar-refractivity contribution in [3.8, 4) is 0 Å². The summed E-state index contributed by atoms with van der Waals surface area (Å²) in [5.74, 6) is 0. The lowest BCUT2D eigenvalue weighted by molar-refractivity contribution is -0.0691. The minimum atomic E-state index is -4.38. The number of rotatable bonds is 3. The molecule has 0 fully saturated rings. The average Bonchev–Trinajstić information content (AvgIpc) is 2.38. The number of thioether (sulfide) groups is 1. The molecule has 0 unspecified atom stereocenters. The van der Waals surface area contributed by atoms with Crippen molar-refractivity contribution in [1.82, 2.24) is 0 Å². The minimum absolute atomic E-state index is 0.212. The van der Waals surface area contributed by atoms with E-state index in [0.29, 0.717) is 0 Å². The van der Waals surface area contributed by atoms with E-state index in [0.717, 1.165) is 22.2 Å². The number of hydrogen-bond donors (Lipinski definition) is 0. The molecule has 0 amide bonds. The van der Waals surface area contributed by atoms with E-state index in [1.807, 2.05) is 18.2 Å². The van der Waals surface area contributed by atoms with Crippen molar-refractivity contribution in [2.45, 2.75) is 24.9 Å². The molecule has 21 heavy (non-hydrogen) atoms. The van der Waals surface area contributed by atoms with Gasteiger partial charge in [0, 0.05) is 4.90 Å². The number of hydrogen-bond acceptors (Lipinski definition) is 1. The van der Waals surface area contributed by atoms with Gasteiger partial charge in [0.15, 0.2) is 0 Å². The molecule has 110 valence electrons. The van der Waals surface area contributed by atoms with Crippen molar-refractivity contribution in [1.29, 1.82) is 0 Å². The molecule has 0 aliphatic heterocycles. The summed E-state index contributed by atoms with van der Waals surface area (Å²) in [6, 6.07) is 15.6. The summed E-state index contributed by atoms with van der Waals surface area (Å²) in [6.45, 7) is 3.31. The lowest BCUT2D eigenvalue weighted by atomic mass is 10.0. The molecule has 0 radical (unpaired) electrons. The summed E-state index contributed by atoms with van der Waals surface area (Å²) < 4.78 is 40.3. The zero-order valence-electron chi connectivity index (χ0n) is 11.7. The minimum Gasteiger partial charge on any atom is -0.166 e. The third-order valence-corrected chi connectivity index (χ3v) is 3.97. The largest absolute Gasteiger partial charge is 0.417 e. The van der Waals surface area contributed by atoms with Gasteiger partial charge >= 0.3 is 6.18 Å². The van der Waals surface area contributed by atoms with E-state index < -0.39 is 11.7 Å². The van der Waals surface area contributed by atoms with Crippen LogP contribution in [0, 0.1) is 6.92 Å². The van der Waals surface area contributed by atoms with Gasteiger partial charge in [0.1, 0.15) is 0 Å². The van der Waals surface area contributed by atoms with Crippen LogP contribution in [0.25, 0.3) is 5.57 Å². The Bertz CT molecular complexity index is 643. The molecule has 0 aromatic heterocycles. The van der Waals surface area contributed by atoms with E-state index in [2.05, 4.69) is 0 Å². The van der Waals surface area contributed by atoms with Crippen LogP contribution in [0.15, 0.2) is 64.4 Å². The summed E-state index contributed by atoms with van der Waals surface area (Å²) in [5, 5.41) is 0. The third kappa shape index (κ3) is 4.14. The average molecular weight is 308 g/mol. The molecule has 0 nitrogen and oxygen atoms in total. The highest BCUT2D eigenvalue weighted by atomic mass is 32.2. The van der Waals surface area contributed by atoms with Gasteiger partial charge in [-0.25, -0.2) is 0 Å². The number of halogens is 3. The smallest absolute Gasteiger partial charge is 0.166 e. The second-order valence-electron chi connectivity index (χ2n) is 4.71. The monoisotopic (exact) mass is 308 g/mol. The van der Waals surface area contributed by atoms with E-state index in [4.69, 9.17) is 0 Å². The Kier molecular flexibility index (Phi) is 4.78. The topological polar surface area (TPSA) is 0 Å². The van der Waals surface area contributed by atoms with E-state index in [9.17, 15) is 13.2 Å². The van der Waals surface area contributed by atoms with Crippen LogP contribution < -0.4 is 0 Å². The SMILES string of the molecule is C/C(Sc1ccccc1)=C(\c1cccc(C)c1)C(F)(F)F. The Labute approximate surface area is 126 Å². The molecule has 0 N–H and O–H groups in total. The maximum absolute atomic E-state index is 13.4. The maximum Gasteiger partial charge on any atom is 0.417 e. The fourth-order valence-corrected chi connectivity index (χ4v) is 3.07. The molecular formula is C17H15F3S. The van der Waals surface area contributed by atoms with Crippen molar-refractivity contribution in [3.63, 3.8) is 0 Å². The van der Waals surface area contributed by atoms with Gasteiger partial charge in [-0.15, -0.1) is 0 Å². The van der Waals surface area contributed by atoms with E-state index in [1.54, 1.807) is 37.3 Å². The summed E-state index contributed by atoms with van der Waals surface area (Å²) >= 11 is 1.14. The predicted molar refractivity (Wildman–Crippen MR) is 82.1 cm³/mol.